The van der Waals surface area contributed by atoms with E-state index in [0.717, 1.165) is 16.9 Å². The monoisotopic (exact) mass is 297 g/mol. The number of fused-ring (bicyclic) bond motifs is 1. The third-order valence-corrected chi connectivity index (χ3v) is 3.49. The number of methoxy groups -OCH3 is 1. The van der Waals surface area contributed by atoms with Crippen molar-refractivity contribution >= 4 is 16.9 Å². The molecule has 0 radical (unpaired) electrons. The van der Waals surface area contributed by atoms with E-state index in [4.69, 9.17) is 4.74 Å². The molecule has 0 amide bonds. The van der Waals surface area contributed by atoms with Crippen LogP contribution in [0, 0.1) is 6.92 Å². The summed E-state index contributed by atoms with van der Waals surface area (Å²) in [5.41, 5.74) is 3.28. The predicted molar refractivity (Wildman–Crippen MR) is 86.0 cm³/mol. The zero-order valence-corrected chi connectivity index (χ0v) is 12.8. The number of aryl methyl sites for hydroxylation is 1. The minimum Gasteiger partial charge on any atom is -0.383 e. The molecule has 3 aromatic rings. The number of ether oxygens (including phenoxy) is 1. The molecule has 0 spiro atoms. The van der Waals surface area contributed by atoms with Crippen molar-refractivity contribution in [3.63, 3.8) is 0 Å². The molecule has 0 bridgehead atoms. The van der Waals surface area contributed by atoms with Gasteiger partial charge >= 0.3 is 0 Å². The molecule has 3 rings (SSSR count). The maximum Gasteiger partial charge on any atom is 0.163 e. The lowest BCUT2D eigenvalue weighted by Crippen LogP contribution is -2.09. The average molecular weight is 297 g/mol. The molecule has 6 nitrogen and oxygen atoms in total. The van der Waals surface area contributed by atoms with Crippen LogP contribution in [0.25, 0.3) is 11.0 Å². The van der Waals surface area contributed by atoms with Crippen LogP contribution >= 0.6 is 0 Å². The number of benzene rings is 1. The van der Waals surface area contributed by atoms with E-state index in [9.17, 15) is 0 Å². The summed E-state index contributed by atoms with van der Waals surface area (Å²) in [5, 5.41) is 8.61. The molecule has 0 atom stereocenters. The second-order valence-corrected chi connectivity index (χ2v) is 5.17. The molecule has 0 aliphatic carbocycles. The molecule has 0 fully saturated rings. The number of hydrogen-bond donors (Lipinski definition) is 1. The molecule has 1 N–H and O–H groups in total. The zero-order valence-electron chi connectivity index (χ0n) is 12.8. The minimum absolute atomic E-state index is 0.628. The van der Waals surface area contributed by atoms with E-state index in [1.54, 1.807) is 19.6 Å². The van der Waals surface area contributed by atoms with Crippen molar-refractivity contribution in [2.24, 2.45) is 0 Å². The Morgan fingerprint density at radius 2 is 2.00 bits per heavy atom. The zero-order chi connectivity index (χ0) is 15.4. The summed E-state index contributed by atoms with van der Waals surface area (Å²) < 4.78 is 6.93. The lowest BCUT2D eigenvalue weighted by atomic mass is 10.1. The fourth-order valence-corrected chi connectivity index (χ4v) is 2.29. The summed E-state index contributed by atoms with van der Waals surface area (Å²) in [6.07, 6.45) is 3.36. The number of rotatable bonds is 6. The highest BCUT2D eigenvalue weighted by atomic mass is 16.5. The van der Waals surface area contributed by atoms with Gasteiger partial charge in [-0.05, 0) is 12.5 Å². The summed E-state index contributed by atoms with van der Waals surface area (Å²) in [4.78, 5) is 8.64. The fourth-order valence-electron chi connectivity index (χ4n) is 2.29. The Balaban J connectivity index is 1.85. The van der Waals surface area contributed by atoms with E-state index in [-0.39, 0.29) is 0 Å². The SMILES string of the molecule is COCCNc1ncnc2c1cnn2Cc1ccc(C)cc1. The molecule has 1 aromatic carbocycles. The second kappa shape index (κ2) is 6.53. The summed E-state index contributed by atoms with van der Waals surface area (Å²) in [6, 6.07) is 8.44. The normalized spacial score (nSPS) is 11.0. The lowest BCUT2D eigenvalue weighted by molar-refractivity contribution is 0.210. The van der Waals surface area contributed by atoms with Gasteiger partial charge in [-0.1, -0.05) is 29.8 Å². The highest BCUT2D eigenvalue weighted by Crippen LogP contribution is 2.19. The van der Waals surface area contributed by atoms with Crippen molar-refractivity contribution in [3.8, 4) is 0 Å². The largest absolute Gasteiger partial charge is 0.383 e. The third-order valence-electron chi connectivity index (χ3n) is 3.49. The van der Waals surface area contributed by atoms with Crippen LogP contribution in [0.5, 0.6) is 0 Å². The summed E-state index contributed by atoms with van der Waals surface area (Å²) >= 11 is 0. The second-order valence-electron chi connectivity index (χ2n) is 5.17. The highest BCUT2D eigenvalue weighted by molar-refractivity contribution is 5.86. The maximum absolute atomic E-state index is 5.04. The Morgan fingerprint density at radius 3 is 2.77 bits per heavy atom. The Kier molecular flexibility index (Phi) is 4.29. The first-order valence-corrected chi connectivity index (χ1v) is 7.23. The number of nitrogens with one attached hydrogen (secondary N) is 1. The van der Waals surface area contributed by atoms with E-state index in [1.807, 2.05) is 4.68 Å². The van der Waals surface area contributed by atoms with Crippen LogP contribution in [0.4, 0.5) is 5.82 Å². The van der Waals surface area contributed by atoms with Gasteiger partial charge in [-0.15, -0.1) is 0 Å². The van der Waals surface area contributed by atoms with Crippen LogP contribution in [-0.2, 0) is 11.3 Å². The first-order valence-electron chi connectivity index (χ1n) is 7.23. The van der Waals surface area contributed by atoms with Crippen LogP contribution in [0.15, 0.2) is 36.8 Å². The highest BCUT2D eigenvalue weighted by Gasteiger charge is 2.09. The van der Waals surface area contributed by atoms with Crippen LogP contribution < -0.4 is 5.32 Å². The number of hydrogen-bond acceptors (Lipinski definition) is 5. The average Bonchev–Trinajstić information content (AvgIpc) is 2.94. The Hall–Kier alpha value is -2.47. The number of nitrogens with zero attached hydrogens (tertiary/aromatic N) is 4. The van der Waals surface area contributed by atoms with Gasteiger partial charge in [-0.3, -0.25) is 0 Å². The molecule has 0 aliphatic rings. The Bertz CT molecular complexity index is 751. The van der Waals surface area contributed by atoms with Crippen molar-refractivity contribution in [1.29, 1.82) is 0 Å². The van der Waals surface area contributed by atoms with Crippen LogP contribution in [0.3, 0.4) is 0 Å². The van der Waals surface area contributed by atoms with E-state index in [0.29, 0.717) is 19.7 Å². The van der Waals surface area contributed by atoms with Gasteiger partial charge in [-0.2, -0.15) is 5.10 Å². The quantitative estimate of drug-likeness (QED) is 0.707. The van der Waals surface area contributed by atoms with E-state index in [2.05, 4.69) is 51.6 Å². The van der Waals surface area contributed by atoms with E-state index >= 15 is 0 Å². The molecule has 0 saturated carbocycles. The third kappa shape index (κ3) is 3.07. The topological polar surface area (TPSA) is 64.9 Å². The van der Waals surface area contributed by atoms with Crippen LogP contribution in [0.2, 0.25) is 0 Å². The lowest BCUT2D eigenvalue weighted by Gasteiger charge is -2.06. The van der Waals surface area contributed by atoms with Crippen LogP contribution in [-0.4, -0.2) is 40.0 Å². The molecule has 0 unspecified atom stereocenters. The number of anilines is 1. The van der Waals surface area contributed by atoms with Gasteiger partial charge in [0.1, 0.15) is 12.1 Å². The van der Waals surface area contributed by atoms with Gasteiger partial charge in [0, 0.05) is 13.7 Å². The van der Waals surface area contributed by atoms with Crippen molar-refractivity contribution < 1.29 is 4.74 Å². The smallest absolute Gasteiger partial charge is 0.163 e. The minimum atomic E-state index is 0.628. The Morgan fingerprint density at radius 1 is 1.18 bits per heavy atom. The predicted octanol–water partition coefficient (Wildman–Crippen LogP) is 2.24. The van der Waals surface area contributed by atoms with Gasteiger partial charge in [-0.25, -0.2) is 14.6 Å². The first kappa shape index (κ1) is 14.5. The van der Waals surface area contributed by atoms with E-state index in [1.165, 1.54) is 11.1 Å². The van der Waals surface area contributed by atoms with Gasteiger partial charge < -0.3 is 10.1 Å². The Labute approximate surface area is 129 Å². The molecular weight excluding hydrogens is 278 g/mol. The van der Waals surface area contributed by atoms with Gasteiger partial charge in [0.15, 0.2) is 5.65 Å². The molecule has 22 heavy (non-hydrogen) atoms. The van der Waals surface area contributed by atoms with Crippen molar-refractivity contribution in [1.82, 2.24) is 19.7 Å². The van der Waals surface area contributed by atoms with Crippen LogP contribution in [0.1, 0.15) is 11.1 Å². The molecule has 6 heteroatoms. The fraction of sp³-hybridized carbons (Fsp3) is 0.312. The van der Waals surface area contributed by atoms with Gasteiger partial charge in [0.25, 0.3) is 0 Å². The maximum atomic E-state index is 5.04. The summed E-state index contributed by atoms with van der Waals surface area (Å²) in [6.45, 7) is 4.10. The molecule has 2 aromatic heterocycles. The van der Waals surface area contributed by atoms with Crippen molar-refractivity contribution in [2.45, 2.75) is 13.5 Å². The van der Waals surface area contributed by atoms with Gasteiger partial charge in [0.2, 0.25) is 0 Å². The van der Waals surface area contributed by atoms with Crippen molar-refractivity contribution in [3.05, 3.63) is 47.9 Å². The number of aromatic nitrogens is 4. The summed E-state index contributed by atoms with van der Waals surface area (Å²) in [5.74, 6) is 0.789. The van der Waals surface area contributed by atoms with E-state index < -0.39 is 0 Å². The molecule has 2 heterocycles. The van der Waals surface area contributed by atoms with Crippen molar-refractivity contribution in [2.75, 3.05) is 25.6 Å². The molecular formula is C16H19N5O. The van der Waals surface area contributed by atoms with Gasteiger partial charge in [0.05, 0.1) is 24.7 Å². The summed E-state index contributed by atoms with van der Waals surface area (Å²) in [7, 11) is 1.68. The molecule has 114 valence electrons. The molecule has 0 saturated heterocycles. The molecule has 0 aliphatic heterocycles. The standard InChI is InChI=1S/C16H19N5O/c1-12-3-5-13(6-4-12)10-21-16-14(9-20-21)15(18-11-19-16)17-7-8-22-2/h3-6,9,11H,7-8,10H2,1-2H3,(H,17,18,19). The first-order chi connectivity index (χ1) is 10.8.